The first-order chi connectivity index (χ1) is 8.70. The predicted molar refractivity (Wildman–Crippen MR) is 69.1 cm³/mol. The number of hydrogen-bond acceptors (Lipinski definition) is 3. The lowest BCUT2D eigenvalue weighted by molar-refractivity contribution is 0.0731. The fraction of sp³-hybridized carbons (Fsp3) is 0.133. The van der Waals surface area contributed by atoms with Crippen LogP contribution in [0.4, 0.5) is 0 Å². The Balaban J connectivity index is 2.19. The molecular formula is C15H14O3. The van der Waals surface area contributed by atoms with Crippen molar-refractivity contribution in [2.24, 2.45) is 0 Å². The summed E-state index contributed by atoms with van der Waals surface area (Å²) in [4.78, 5) is 12.0. The molecule has 92 valence electrons. The zero-order valence-electron chi connectivity index (χ0n) is 10.3. The minimum atomic E-state index is -0.420. The van der Waals surface area contributed by atoms with Crippen molar-refractivity contribution in [3.63, 3.8) is 0 Å². The largest absolute Gasteiger partial charge is 0.496 e. The minimum absolute atomic E-state index is 0.417. The number of methoxy groups -OCH3 is 1. The molecule has 0 N–H and O–H groups in total. The van der Waals surface area contributed by atoms with E-state index in [1.54, 1.807) is 30.3 Å². The summed E-state index contributed by atoms with van der Waals surface area (Å²) in [5.41, 5.74) is 1.53. The molecule has 0 aliphatic rings. The molecule has 2 aromatic rings. The lowest BCUT2D eigenvalue weighted by Crippen LogP contribution is -2.09. The van der Waals surface area contributed by atoms with Crippen LogP contribution in [0.1, 0.15) is 15.9 Å². The van der Waals surface area contributed by atoms with Crippen molar-refractivity contribution in [1.82, 2.24) is 0 Å². The third kappa shape index (κ3) is 2.69. The normalized spacial score (nSPS) is 9.89. The molecule has 0 amide bonds. The second kappa shape index (κ2) is 5.36. The van der Waals surface area contributed by atoms with E-state index in [0.717, 1.165) is 5.56 Å². The number of benzene rings is 2. The molecule has 0 unspecified atom stereocenters. The smallest absolute Gasteiger partial charge is 0.347 e. The fourth-order valence-electron chi connectivity index (χ4n) is 1.58. The molecule has 0 radical (unpaired) electrons. The quantitative estimate of drug-likeness (QED) is 0.612. The topological polar surface area (TPSA) is 35.5 Å². The van der Waals surface area contributed by atoms with Crippen LogP contribution in [-0.4, -0.2) is 13.1 Å². The van der Waals surface area contributed by atoms with Crippen LogP contribution in [-0.2, 0) is 0 Å². The van der Waals surface area contributed by atoms with E-state index in [4.69, 9.17) is 9.47 Å². The van der Waals surface area contributed by atoms with Crippen LogP contribution in [0.3, 0.4) is 0 Å². The number of carbonyl (C=O) groups excluding carboxylic acids is 1. The SMILES string of the molecule is COc1ccccc1C(=O)Oc1ccc(C)cc1. The monoisotopic (exact) mass is 242 g/mol. The highest BCUT2D eigenvalue weighted by Crippen LogP contribution is 2.20. The molecule has 2 aromatic carbocycles. The van der Waals surface area contributed by atoms with Crippen molar-refractivity contribution in [1.29, 1.82) is 0 Å². The van der Waals surface area contributed by atoms with Crippen molar-refractivity contribution >= 4 is 5.97 Å². The van der Waals surface area contributed by atoms with Crippen molar-refractivity contribution in [2.45, 2.75) is 6.92 Å². The number of ether oxygens (including phenoxy) is 2. The van der Waals surface area contributed by atoms with Gasteiger partial charge in [-0.25, -0.2) is 4.79 Å². The maximum absolute atomic E-state index is 12.0. The second-order valence-corrected chi connectivity index (χ2v) is 3.90. The van der Waals surface area contributed by atoms with Gasteiger partial charge in [0, 0.05) is 0 Å². The maximum Gasteiger partial charge on any atom is 0.347 e. The van der Waals surface area contributed by atoms with Crippen LogP contribution in [0.2, 0.25) is 0 Å². The van der Waals surface area contributed by atoms with Gasteiger partial charge in [0.25, 0.3) is 0 Å². The van der Waals surface area contributed by atoms with Gasteiger partial charge >= 0.3 is 5.97 Å². The Morgan fingerprint density at radius 2 is 1.67 bits per heavy atom. The van der Waals surface area contributed by atoms with Gasteiger partial charge in [-0.05, 0) is 31.2 Å². The van der Waals surface area contributed by atoms with E-state index in [1.807, 2.05) is 25.1 Å². The molecule has 2 rings (SSSR count). The Morgan fingerprint density at radius 3 is 2.33 bits per heavy atom. The average molecular weight is 242 g/mol. The number of esters is 1. The average Bonchev–Trinajstić information content (AvgIpc) is 2.41. The molecule has 0 saturated heterocycles. The van der Waals surface area contributed by atoms with Gasteiger partial charge in [0.05, 0.1) is 7.11 Å². The van der Waals surface area contributed by atoms with Crippen LogP contribution >= 0.6 is 0 Å². The first-order valence-corrected chi connectivity index (χ1v) is 5.62. The highest BCUT2D eigenvalue weighted by Gasteiger charge is 2.13. The van der Waals surface area contributed by atoms with Crippen molar-refractivity contribution in [3.8, 4) is 11.5 Å². The summed E-state index contributed by atoms with van der Waals surface area (Å²) in [6.07, 6.45) is 0. The van der Waals surface area contributed by atoms with Gasteiger partial charge in [-0.3, -0.25) is 0 Å². The van der Waals surface area contributed by atoms with E-state index in [2.05, 4.69) is 0 Å². The van der Waals surface area contributed by atoms with Gasteiger partial charge in [0.1, 0.15) is 17.1 Å². The van der Waals surface area contributed by atoms with Crippen molar-refractivity contribution in [2.75, 3.05) is 7.11 Å². The minimum Gasteiger partial charge on any atom is -0.496 e. The molecular weight excluding hydrogens is 228 g/mol. The molecule has 3 nitrogen and oxygen atoms in total. The van der Waals surface area contributed by atoms with Crippen LogP contribution < -0.4 is 9.47 Å². The summed E-state index contributed by atoms with van der Waals surface area (Å²) in [5.74, 6) is 0.613. The molecule has 0 spiro atoms. The van der Waals surface area contributed by atoms with Crippen LogP contribution in [0.15, 0.2) is 48.5 Å². The van der Waals surface area contributed by atoms with E-state index in [0.29, 0.717) is 17.1 Å². The first-order valence-electron chi connectivity index (χ1n) is 5.62. The van der Waals surface area contributed by atoms with Gasteiger partial charge in [-0.2, -0.15) is 0 Å². The van der Waals surface area contributed by atoms with E-state index in [1.165, 1.54) is 7.11 Å². The highest BCUT2D eigenvalue weighted by molar-refractivity contribution is 5.93. The second-order valence-electron chi connectivity index (χ2n) is 3.90. The molecule has 3 heteroatoms. The third-order valence-electron chi connectivity index (χ3n) is 2.56. The maximum atomic E-state index is 12.0. The Bertz CT molecular complexity index is 544. The first kappa shape index (κ1) is 12.2. The molecule has 0 bridgehead atoms. The third-order valence-corrected chi connectivity index (χ3v) is 2.56. The predicted octanol–water partition coefficient (Wildman–Crippen LogP) is 3.22. The number of aryl methyl sites for hydroxylation is 1. The Morgan fingerprint density at radius 1 is 1.00 bits per heavy atom. The number of hydrogen-bond donors (Lipinski definition) is 0. The summed E-state index contributed by atoms with van der Waals surface area (Å²) in [6.45, 7) is 1.98. The van der Waals surface area contributed by atoms with Gasteiger partial charge in [0.15, 0.2) is 0 Å². The summed E-state index contributed by atoms with van der Waals surface area (Å²) in [7, 11) is 1.53. The highest BCUT2D eigenvalue weighted by atomic mass is 16.5. The zero-order valence-corrected chi connectivity index (χ0v) is 10.3. The standard InChI is InChI=1S/C15H14O3/c1-11-7-9-12(10-8-11)18-15(16)13-5-3-4-6-14(13)17-2/h3-10H,1-2H3. The van der Waals surface area contributed by atoms with Crippen molar-refractivity contribution < 1.29 is 14.3 Å². The van der Waals surface area contributed by atoms with Crippen LogP contribution in [0, 0.1) is 6.92 Å². The Hall–Kier alpha value is -2.29. The van der Waals surface area contributed by atoms with Gasteiger partial charge in [-0.15, -0.1) is 0 Å². The van der Waals surface area contributed by atoms with Gasteiger partial charge in [-0.1, -0.05) is 29.8 Å². The number of carbonyl (C=O) groups is 1. The van der Waals surface area contributed by atoms with Gasteiger partial charge < -0.3 is 9.47 Å². The molecule has 0 heterocycles. The van der Waals surface area contributed by atoms with E-state index in [9.17, 15) is 4.79 Å². The summed E-state index contributed by atoms with van der Waals surface area (Å²) >= 11 is 0. The summed E-state index contributed by atoms with van der Waals surface area (Å²) in [5, 5.41) is 0. The fourth-order valence-corrected chi connectivity index (χ4v) is 1.58. The number of para-hydroxylation sites is 1. The summed E-state index contributed by atoms with van der Waals surface area (Å²) in [6, 6.07) is 14.3. The van der Waals surface area contributed by atoms with Crippen LogP contribution in [0.25, 0.3) is 0 Å². The Kier molecular flexibility index (Phi) is 3.63. The molecule has 0 saturated carbocycles. The molecule has 0 fully saturated rings. The molecule has 0 aromatic heterocycles. The zero-order chi connectivity index (χ0) is 13.0. The number of rotatable bonds is 3. The van der Waals surface area contributed by atoms with Crippen LogP contribution in [0.5, 0.6) is 11.5 Å². The van der Waals surface area contributed by atoms with E-state index >= 15 is 0 Å². The van der Waals surface area contributed by atoms with E-state index in [-0.39, 0.29) is 0 Å². The molecule has 0 aliphatic heterocycles. The molecule has 0 aliphatic carbocycles. The lowest BCUT2D eigenvalue weighted by atomic mass is 10.2. The Labute approximate surface area is 106 Å². The lowest BCUT2D eigenvalue weighted by Gasteiger charge is -2.08. The molecule has 0 atom stereocenters. The molecule has 18 heavy (non-hydrogen) atoms. The summed E-state index contributed by atoms with van der Waals surface area (Å²) < 4.78 is 10.4. The van der Waals surface area contributed by atoms with Gasteiger partial charge in [0.2, 0.25) is 0 Å². The van der Waals surface area contributed by atoms with Crippen molar-refractivity contribution in [3.05, 3.63) is 59.7 Å². The van der Waals surface area contributed by atoms with E-state index < -0.39 is 5.97 Å².